The lowest BCUT2D eigenvalue weighted by Crippen LogP contribution is -2.58. The molecule has 4 unspecified atom stereocenters. The minimum Gasteiger partial charge on any atom is -0.480 e. The molecule has 0 saturated carbocycles. The molecule has 7 N–H and O–H groups in total. The first-order chi connectivity index (χ1) is 19.5. The minimum atomic E-state index is -1.20. The van der Waals surface area contributed by atoms with Crippen LogP contribution in [0.3, 0.4) is 0 Å². The van der Waals surface area contributed by atoms with Crippen LogP contribution in [-0.2, 0) is 32.0 Å². The number of rotatable bonds is 14. The van der Waals surface area contributed by atoms with Gasteiger partial charge in [-0.15, -0.1) is 0 Å². The molecular formula is C31H41N5O5. The first-order valence-corrected chi connectivity index (χ1v) is 13.9. The van der Waals surface area contributed by atoms with Gasteiger partial charge in [-0.2, -0.15) is 0 Å². The molecule has 3 rings (SSSR count). The minimum absolute atomic E-state index is 0.0225. The van der Waals surface area contributed by atoms with Gasteiger partial charge in [-0.25, -0.2) is 4.79 Å². The number of hydrogen-bond donors (Lipinski definition) is 6. The highest BCUT2D eigenvalue weighted by Gasteiger charge is 2.32. The number of aromatic nitrogens is 1. The molecule has 0 radical (unpaired) electrons. The van der Waals surface area contributed by atoms with Crippen LogP contribution in [0, 0.1) is 11.8 Å². The Hall–Kier alpha value is -4.18. The van der Waals surface area contributed by atoms with Gasteiger partial charge in [-0.1, -0.05) is 76.2 Å². The van der Waals surface area contributed by atoms with Gasteiger partial charge in [-0.3, -0.25) is 14.4 Å². The summed E-state index contributed by atoms with van der Waals surface area (Å²) in [6.07, 6.45) is 2.39. The van der Waals surface area contributed by atoms with E-state index in [2.05, 4.69) is 20.9 Å². The Balaban J connectivity index is 1.69. The Morgan fingerprint density at radius 3 is 2.07 bits per heavy atom. The number of hydrogen-bond acceptors (Lipinski definition) is 5. The molecule has 0 aliphatic rings. The fraction of sp³-hybridized carbons (Fsp3) is 0.419. The Labute approximate surface area is 240 Å². The van der Waals surface area contributed by atoms with Gasteiger partial charge >= 0.3 is 5.97 Å². The average molecular weight is 564 g/mol. The number of benzene rings is 2. The first-order valence-electron chi connectivity index (χ1n) is 13.9. The largest absolute Gasteiger partial charge is 0.480 e. The summed E-state index contributed by atoms with van der Waals surface area (Å²) in [6, 6.07) is 12.9. The second-order valence-electron chi connectivity index (χ2n) is 11.2. The molecule has 0 aliphatic heterocycles. The predicted molar refractivity (Wildman–Crippen MR) is 158 cm³/mol. The van der Waals surface area contributed by atoms with Crippen LogP contribution in [0.25, 0.3) is 10.9 Å². The summed E-state index contributed by atoms with van der Waals surface area (Å²) in [5.74, 6) is -3.07. The van der Waals surface area contributed by atoms with Gasteiger partial charge in [0.25, 0.3) is 0 Å². The van der Waals surface area contributed by atoms with Crippen molar-refractivity contribution in [3.8, 4) is 0 Å². The van der Waals surface area contributed by atoms with Crippen LogP contribution in [0.15, 0.2) is 60.8 Å². The average Bonchev–Trinajstić information content (AvgIpc) is 3.33. The van der Waals surface area contributed by atoms with E-state index in [4.69, 9.17) is 5.73 Å². The van der Waals surface area contributed by atoms with E-state index in [1.807, 2.05) is 68.4 Å². The van der Waals surface area contributed by atoms with Crippen molar-refractivity contribution in [2.24, 2.45) is 17.6 Å². The predicted octanol–water partition coefficient (Wildman–Crippen LogP) is 2.52. The van der Waals surface area contributed by atoms with Crippen molar-refractivity contribution in [1.29, 1.82) is 0 Å². The summed E-state index contributed by atoms with van der Waals surface area (Å²) in [7, 11) is 0. The van der Waals surface area contributed by atoms with Crippen LogP contribution in [0.1, 0.15) is 45.2 Å². The van der Waals surface area contributed by atoms with Gasteiger partial charge < -0.3 is 31.8 Å². The maximum absolute atomic E-state index is 13.4. The lowest BCUT2D eigenvalue weighted by Gasteiger charge is -2.27. The lowest BCUT2D eigenvalue weighted by molar-refractivity contribution is -0.142. The number of para-hydroxylation sites is 1. The van der Waals surface area contributed by atoms with Gasteiger partial charge in [0.2, 0.25) is 17.7 Å². The SMILES string of the molecule is CC(C)CC(NC(=O)C(NC(=O)C(N)Cc1ccccc1)C(C)C)C(=O)NC(Cc1c[nH]c2ccccc12)C(=O)O. The number of carboxylic acid groups (broad SMARTS) is 1. The maximum Gasteiger partial charge on any atom is 0.326 e. The summed E-state index contributed by atoms with van der Waals surface area (Å²) < 4.78 is 0. The van der Waals surface area contributed by atoms with Gasteiger partial charge in [0.15, 0.2) is 0 Å². The number of carbonyl (C=O) groups is 4. The fourth-order valence-electron chi connectivity index (χ4n) is 4.71. The molecule has 0 aliphatic carbocycles. The molecule has 2 aromatic carbocycles. The number of aliphatic carboxylic acids is 1. The van der Waals surface area contributed by atoms with Crippen LogP contribution in [0.2, 0.25) is 0 Å². The number of carbonyl (C=O) groups excluding carboxylic acids is 3. The number of amides is 3. The van der Waals surface area contributed by atoms with Crippen LogP contribution in [0.5, 0.6) is 0 Å². The summed E-state index contributed by atoms with van der Waals surface area (Å²) in [5.41, 5.74) is 8.64. The molecule has 3 amide bonds. The standard InChI is InChI=1S/C31H41N5O5/c1-18(2)14-25(29(38)35-26(31(40)41)16-21-17-33-24-13-9-8-12-22(21)24)34-30(39)27(19(3)4)36-28(37)23(32)15-20-10-6-5-7-11-20/h5-13,17-19,23,25-27,33H,14-16,32H2,1-4H3,(H,34,39)(H,35,38)(H,36,37)(H,40,41). The molecule has 1 heterocycles. The molecule has 0 bridgehead atoms. The lowest BCUT2D eigenvalue weighted by atomic mass is 9.98. The molecule has 41 heavy (non-hydrogen) atoms. The van der Waals surface area contributed by atoms with Crippen molar-refractivity contribution in [3.05, 3.63) is 71.9 Å². The molecule has 0 spiro atoms. The second-order valence-corrected chi connectivity index (χ2v) is 11.2. The normalized spacial score (nSPS) is 14.3. The third-order valence-corrected chi connectivity index (χ3v) is 6.94. The zero-order valence-corrected chi connectivity index (χ0v) is 24.0. The molecular weight excluding hydrogens is 522 g/mol. The van der Waals surface area contributed by atoms with Crippen molar-refractivity contribution in [2.75, 3.05) is 0 Å². The summed E-state index contributed by atoms with van der Waals surface area (Å²) in [5, 5.41) is 18.9. The van der Waals surface area contributed by atoms with Crippen molar-refractivity contribution < 1.29 is 24.3 Å². The number of carboxylic acids is 1. The Bertz CT molecular complexity index is 1340. The summed E-state index contributed by atoms with van der Waals surface area (Å²) in [4.78, 5) is 54.8. The quantitative estimate of drug-likeness (QED) is 0.176. The molecule has 3 aromatic rings. The summed E-state index contributed by atoms with van der Waals surface area (Å²) >= 11 is 0. The number of H-pyrrole nitrogens is 1. The molecule has 0 fully saturated rings. The van der Waals surface area contributed by atoms with E-state index in [0.717, 1.165) is 22.0 Å². The van der Waals surface area contributed by atoms with Crippen LogP contribution in [0.4, 0.5) is 0 Å². The smallest absolute Gasteiger partial charge is 0.326 e. The molecule has 220 valence electrons. The van der Waals surface area contributed by atoms with Crippen LogP contribution < -0.4 is 21.7 Å². The van der Waals surface area contributed by atoms with E-state index in [9.17, 15) is 24.3 Å². The van der Waals surface area contributed by atoms with E-state index >= 15 is 0 Å². The van der Waals surface area contributed by atoms with Gasteiger partial charge in [-0.05, 0) is 41.9 Å². The highest BCUT2D eigenvalue weighted by atomic mass is 16.4. The monoisotopic (exact) mass is 563 g/mol. The fourth-order valence-corrected chi connectivity index (χ4v) is 4.71. The molecule has 10 heteroatoms. The number of nitrogens with one attached hydrogen (secondary N) is 4. The zero-order valence-electron chi connectivity index (χ0n) is 24.0. The second kappa shape index (κ2) is 14.5. The first kappa shape index (κ1) is 31.3. The molecule has 4 atom stereocenters. The van der Waals surface area contributed by atoms with Crippen molar-refractivity contribution in [3.63, 3.8) is 0 Å². The van der Waals surface area contributed by atoms with E-state index in [0.29, 0.717) is 6.42 Å². The van der Waals surface area contributed by atoms with Crippen LogP contribution >= 0.6 is 0 Å². The van der Waals surface area contributed by atoms with Gasteiger partial charge in [0, 0.05) is 23.5 Å². The number of aromatic amines is 1. The Morgan fingerprint density at radius 2 is 1.44 bits per heavy atom. The van der Waals surface area contributed by atoms with Crippen molar-refractivity contribution >= 4 is 34.6 Å². The highest BCUT2D eigenvalue weighted by Crippen LogP contribution is 2.19. The van der Waals surface area contributed by atoms with E-state index in [1.54, 1.807) is 20.0 Å². The Morgan fingerprint density at radius 1 is 0.805 bits per heavy atom. The topological polar surface area (TPSA) is 166 Å². The van der Waals surface area contributed by atoms with Gasteiger partial charge in [0.1, 0.15) is 18.1 Å². The van der Waals surface area contributed by atoms with E-state index in [1.165, 1.54) is 0 Å². The van der Waals surface area contributed by atoms with Crippen molar-refractivity contribution in [2.45, 2.75) is 71.1 Å². The zero-order chi connectivity index (χ0) is 30.1. The van der Waals surface area contributed by atoms with E-state index in [-0.39, 0.29) is 24.7 Å². The van der Waals surface area contributed by atoms with Gasteiger partial charge in [0.05, 0.1) is 6.04 Å². The molecule has 10 nitrogen and oxygen atoms in total. The summed E-state index contributed by atoms with van der Waals surface area (Å²) in [6.45, 7) is 7.37. The van der Waals surface area contributed by atoms with E-state index < -0.39 is 47.9 Å². The molecule has 0 saturated heterocycles. The highest BCUT2D eigenvalue weighted by molar-refractivity contribution is 5.94. The Kier molecular flexibility index (Phi) is 11.0. The van der Waals surface area contributed by atoms with Crippen molar-refractivity contribution in [1.82, 2.24) is 20.9 Å². The number of nitrogens with two attached hydrogens (primary N) is 1. The number of fused-ring (bicyclic) bond motifs is 1. The third kappa shape index (κ3) is 8.91. The van der Waals surface area contributed by atoms with Crippen LogP contribution in [-0.4, -0.2) is 57.9 Å². The maximum atomic E-state index is 13.4. The third-order valence-electron chi connectivity index (χ3n) is 6.94. The molecule has 1 aromatic heterocycles.